The van der Waals surface area contributed by atoms with Crippen molar-refractivity contribution in [1.82, 2.24) is 0 Å². The number of aldehydes is 1. The predicted molar refractivity (Wildman–Crippen MR) is 64.2 cm³/mol. The van der Waals surface area contributed by atoms with Gasteiger partial charge in [-0.1, -0.05) is 20.3 Å². The quantitative estimate of drug-likeness (QED) is 0.453. The molecule has 0 aliphatic heterocycles. The summed E-state index contributed by atoms with van der Waals surface area (Å²) in [5.41, 5.74) is -0.0302. The minimum Gasteiger partial charge on any atom is -0.394 e. The minimum atomic E-state index is -2.29. The van der Waals surface area contributed by atoms with E-state index in [1.165, 1.54) is 0 Å². The summed E-state index contributed by atoms with van der Waals surface area (Å²) in [4.78, 5) is 11.1. The number of rotatable bonds is 9. The van der Waals surface area contributed by atoms with E-state index in [-0.39, 0.29) is 5.54 Å². The third-order valence-corrected chi connectivity index (χ3v) is 6.97. The highest BCUT2D eigenvalue weighted by Gasteiger charge is 2.43. The molecule has 0 radical (unpaired) electrons. The molecule has 0 rings (SSSR count). The molecule has 0 bridgehead atoms. The van der Waals surface area contributed by atoms with Crippen LogP contribution in [0.3, 0.4) is 0 Å². The van der Waals surface area contributed by atoms with Crippen LogP contribution < -0.4 is 0 Å². The van der Waals surface area contributed by atoms with E-state index in [1.54, 1.807) is 0 Å². The largest absolute Gasteiger partial charge is 0.394 e. The SMILES string of the molecule is CCC[Si](OCC)(OCC)C(C=O)CC. The molecule has 0 aromatic heterocycles. The molecule has 4 heteroatoms. The van der Waals surface area contributed by atoms with Gasteiger partial charge in [0.2, 0.25) is 0 Å². The molecule has 0 aliphatic rings. The zero-order valence-electron chi connectivity index (χ0n) is 10.4. The highest BCUT2D eigenvalue weighted by atomic mass is 28.4. The molecule has 3 nitrogen and oxygen atoms in total. The van der Waals surface area contributed by atoms with E-state index in [4.69, 9.17) is 8.85 Å². The minimum absolute atomic E-state index is 0.0302. The van der Waals surface area contributed by atoms with Crippen molar-refractivity contribution in [3.63, 3.8) is 0 Å². The average Bonchev–Trinajstić information content (AvgIpc) is 2.20. The van der Waals surface area contributed by atoms with Crippen LogP contribution in [0.15, 0.2) is 0 Å². The molecule has 1 unspecified atom stereocenters. The van der Waals surface area contributed by atoms with Crippen molar-refractivity contribution >= 4 is 14.8 Å². The number of carbonyl (C=O) groups is 1. The van der Waals surface area contributed by atoms with Crippen molar-refractivity contribution in [3.05, 3.63) is 0 Å². The monoisotopic (exact) mass is 232 g/mol. The standard InChI is InChI=1S/C11H24O3Si/c1-5-9-15(13-7-3,14-8-4)11(6-2)10-12/h10-11H,5-9H2,1-4H3. The van der Waals surface area contributed by atoms with Gasteiger partial charge in [0.05, 0.1) is 5.54 Å². The van der Waals surface area contributed by atoms with Gasteiger partial charge in [-0.3, -0.25) is 0 Å². The zero-order chi connectivity index (χ0) is 11.7. The van der Waals surface area contributed by atoms with Gasteiger partial charge >= 0.3 is 8.56 Å². The summed E-state index contributed by atoms with van der Waals surface area (Å²) in [6.07, 6.45) is 2.85. The maximum Gasteiger partial charge on any atom is 0.348 e. The Morgan fingerprint density at radius 2 is 1.67 bits per heavy atom. The molecule has 0 saturated heterocycles. The fraction of sp³-hybridized carbons (Fsp3) is 0.909. The van der Waals surface area contributed by atoms with E-state index in [2.05, 4.69) is 6.92 Å². The van der Waals surface area contributed by atoms with Crippen molar-refractivity contribution in [2.75, 3.05) is 13.2 Å². The van der Waals surface area contributed by atoms with Crippen LogP contribution in [0, 0.1) is 0 Å². The molecule has 0 saturated carbocycles. The molecule has 0 aliphatic carbocycles. The summed E-state index contributed by atoms with van der Waals surface area (Å²) in [7, 11) is -2.29. The lowest BCUT2D eigenvalue weighted by atomic mass is 10.4. The smallest absolute Gasteiger partial charge is 0.348 e. The van der Waals surface area contributed by atoms with E-state index in [1.807, 2.05) is 20.8 Å². The third-order valence-electron chi connectivity index (χ3n) is 2.54. The third kappa shape index (κ3) is 4.05. The molecular formula is C11H24O3Si. The van der Waals surface area contributed by atoms with Gasteiger partial charge in [0.25, 0.3) is 0 Å². The lowest BCUT2D eigenvalue weighted by Crippen LogP contribution is -2.47. The van der Waals surface area contributed by atoms with Crippen LogP contribution in [-0.2, 0) is 13.6 Å². The fourth-order valence-electron chi connectivity index (χ4n) is 1.93. The Bertz CT molecular complexity index is 156. The Morgan fingerprint density at radius 3 is 1.93 bits per heavy atom. The van der Waals surface area contributed by atoms with Crippen LogP contribution in [-0.4, -0.2) is 28.1 Å². The van der Waals surface area contributed by atoms with Crippen molar-refractivity contribution < 1.29 is 13.6 Å². The summed E-state index contributed by atoms with van der Waals surface area (Å²) in [6.45, 7) is 9.33. The van der Waals surface area contributed by atoms with E-state index in [0.717, 1.165) is 25.2 Å². The summed E-state index contributed by atoms with van der Waals surface area (Å²) in [5, 5.41) is 0. The fourth-order valence-corrected chi connectivity index (χ4v) is 5.61. The first-order valence-electron chi connectivity index (χ1n) is 5.93. The Kier molecular flexibility index (Phi) is 7.91. The van der Waals surface area contributed by atoms with Gasteiger partial charge in [-0.25, -0.2) is 0 Å². The molecule has 0 N–H and O–H groups in total. The maximum absolute atomic E-state index is 11.1. The van der Waals surface area contributed by atoms with E-state index in [0.29, 0.717) is 13.2 Å². The second kappa shape index (κ2) is 8.02. The van der Waals surface area contributed by atoms with Crippen LogP contribution in [0.5, 0.6) is 0 Å². The van der Waals surface area contributed by atoms with Crippen LogP contribution in [0.4, 0.5) is 0 Å². The highest BCUT2D eigenvalue weighted by molar-refractivity contribution is 6.71. The summed E-state index contributed by atoms with van der Waals surface area (Å²) >= 11 is 0. The van der Waals surface area contributed by atoms with Crippen LogP contribution >= 0.6 is 0 Å². The summed E-state index contributed by atoms with van der Waals surface area (Å²) in [5.74, 6) is 0. The van der Waals surface area contributed by atoms with Gasteiger partial charge in [-0.15, -0.1) is 0 Å². The lowest BCUT2D eigenvalue weighted by molar-refractivity contribution is -0.108. The van der Waals surface area contributed by atoms with Gasteiger partial charge in [0, 0.05) is 13.2 Å². The zero-order valence-corrected chi connectivity index (χ0v) is 11.4. The van der Waals surface area contributed by atoms with E-state index < -0.39 is 8.56 Å². The Balaban J connectivity index is 4.79. The second-order valence-electron chi connectivity index (χ2n) is 3.58. The second-order valence-corrected chi connectivity index (χ2v) is 7.02. The Labute approximate surface area is 94.4 Å². The maximum atomic E-state index is 11.1. The normalized spacial score (nSPS) is 13.9. The van der Waals surface area contributed by atoms with Gasteiger partial charge in [-0.2, -0.15) is 0 Å². The Hall–Kier alpha value is -0.193. The lowest BCUT2D eigenvalue weighted by Gasteiger charge is -2.33. The summed E-state index contributed by atoms with van der Waals surface area (Å²) < 4.78 is 11.7. The number of carbonyl (C=O) groups excluding carboxylic acids is 1. The van der Waals surface area contributed by atoms with Crippen molar-refractivity contribution in [2.45, 2.75) is 52.1 Å². The van der Waals surface area contributed by atoms with Gasteiger partial charge < -0.3 is 13.6 Å². The molecule has 0 fully saturated rings. The first-order valence-corrected chi connectivity index (χ1v) is 8.03. The number of hydrogen-bond acceptors (Lipinski definition) is 3. The Morgan fingerprint density at radius 1 is 1.13 bits per heavy atom. The molecule has 90 valence electrons. The first kappa shape index (κ1) is 14.8. The van der Waals surface area contributed by atoms with Gasteiger partial charge in [0.1, 0.15) is 6.29 Å². The molecule has 0 spiro atoms. The molecule has 0 heterocycles. The van der Waals surface area contributed by atoms with Crippen LogP contribution in [0.25, 0.3) is 0 Å². The topological polar surface area (TPSA) is 35.5 Å². The summed E-state index contributed by atoms with van der Waals surface area (Å²) in [6, 6.07) is 0.909. The van der Waals surface area contributed by atoms with Gasteiger partial charge in [0.15, 0.2) is 0 Å². The molecule has 15 heavy (non-hydrogen) atoms. The molecule has 0 aromatic rings. The van der Waals surface area contributed by atoms with Crippen molar-refractivity contribution in [2.24, 2.45) is 0 Å². The highest BCUT2D eigenvalue weighted by Crippen LogP contribution is 2.30. The molecule has 0 amide bonds. The average molecular weight is 232 g/mol. The van der Waals surface area contributed by atoms with E-state index in [9.17, 15) is 4.79 Å². The molecule has 1 atom stereocenters. The first-order chi connectivity index (χ1) is 7.20. The van der Waals surface area contributed by atoms with Crippen LogP contribution in [0.1, 0.15) is 40.5 Å². The van der Waals surface area contributed by atoms with Crippen LogP contribution in [0.2, 0.25) is 11.6 Å². The predicted octanol–water partition coefficient (Wildman–Crippen LogP) is 2.89. The van der Waals surface area contributed by atoms with Crippen molar-refractivity contribution in [3.8, 4) is 0 Å². The van der Waals surface area contributed by atoms with E-state index >= 15 is 0 Å². The molecule has 0 aromatic carbocycles. The molecular weight excluding hydrogens is 208 g/mol. The number of hydrogen-bond donors (Lipinski definition) is 0. The van der Waals surface area contributed by atoms with Crippen molar-refractivity contribution in [1.29, 1.82) is 0 Å². The van der Waals surface area contributed by atoms with Gasteiger partial charge in [-0.05, 0) is 26.3 Å².